The van der Waals surface area contributed by atoms with Crippen LogP contribution in [0, 0.1) is 0 Å². The van der Waals surface area contributed by atoms with Crippen LogP contribution in [0.1, 0.15) is 29.6 Å². The van der Waals surface area contributed by atoms with Crippen molar-refractivity contribution in [3.05, 3.63) is 72.4 Å². The molecule has 150 valence electrons. The molecule has 0 spiro atoms. The number of carbonyl (C=O) groups excluding carboxylic acids is 1. The third-order valence-corrected chi connectivity index (χ3v) is 5.60. The van der Waals surface area contributed by atoms with E-state index in [2.05, 4.69) is 25.4 Å². The van der Waals surface area contributed by atoms with E-state index in [-0.39, 0.29) is 5.91 Å². The van der Waals surface area contributed by atoms with E-state index < -0.39 is 0 Å². The van der Waals surface area contributed by atoms with Crippen LogP contribution in [0.5, 0.6) is 0 Å². The van der Waals surface area contributed by atoms with E-state index in [1.807, 2.05) is 60.7 Å². The molecule has 0 atom stereocenters. The first kappa shape index (κ1) is 18.4. The van der Waals surface area contributed by atoms with E-state index in [4.69, 9.17) is 0 Å². The standard InChI is InChI=1S/C24H23N5O/c30-24(20-16-25-22-7-3-2-6-19(20)22)26-18-10-8-17(9-11-18)21-12-13-23(28-27-21)29-14-4-1-5-15-29/h2-3,6-13,16,25H,1,4-5,14-15H2,(H,26,30). The van der Waals surface area contributed by atoms with E-state index >= 15 is 0 Å². The topological polar surface area (TPSA) is 73.9 Å². The molecule has 0 aliphatic carbocycles. The Kier molecular flexibility index (Phi) is 4.89. The van der Waals surface area contributed by atoms with Gasteiger partial charge in [-0.1, -0.05) is 30.3 Å². The van der Waals surface area contributed by atoms with E-state index in [0.717, 1.165) is 46.8 Å². The Hall–Kier alpha value is -3.67. The lowest BCUT2D eigenvalue weighted by Gasteiger charge is -2.27. The molecule has 1 aliphatic rings. The van der Waals surface area contributed by atoms with Gasteiger partial charge in [-0.25, -0.2) is 0 Å². The Balaban J connectivity index is 1.29. The van der Waals surface area contributed by atoms with Gasteiger partial charge in [-0.15, -0.1) is 10.2 Å². The Morgan fingerprint density at radius 3 is 2.47 bits per heavy atom. The number of nitrogens with zero attached hydrogens (tertiary/aromatic N) is 3. The SMILES string of the molecule is O=C(Nc1ccc(-c2ccc(N3CCCCC3)nn2)cc1)c1c[nH]c2ccccc12. The van der Waals surface area contributed by atoms with Crippen molar-refractivity contribution >= 4 is 28.3 Å². The fraction of sp³-hybridized carbons (Fsp3) is 0.208. The lowest BCUT2D eigenvalue weighted by molar-refractivity contribution is 0.102. The number of aromatic nitrogens is 3. The zero-order valence-electron chi connectivity index (χ0n) is 16.6. The maximum absolute atomic E-state index is 12.7. The molecule has 6 heteroatoms. The van der Waals surface area contributed by atoms with Crippen LogP contribution in [0.25, 0.3) is 22.2 Å². The molecule has 2 aromatic heterocycles. The van der Waals surface area contributed by atoms with Crippen molar-refractivity contribution in [3.8, 4) is 11.3 Å². The van der Waals surface area contributed by atoms with Gasteiger partial charge in [0.2, 0.25) is 0 Å². The molecule has 4 aromatic rings. The number of hydrogen-bond acceptors (Lipinski definition) is 4. The van der Waals surface area contributed by atoms with Gasteiger partial charge in [0, 0.05) is 41.4 Å². The molecule has 1 aliphatic heterocycles. The third-order valence-electron chi connectivity index (χ3n) is 5.60. The zero-order valence-corrected chi connectivity index (χ0v) is 16.6. The van der Waals surface area contributed by atoms with Crippen LogP contribution in [0.15, 0.2) is 66.9 Å². The molecule has 5 rings (SSSR count). The summed E-state index contributed by atoms with van der Waals surface area (Å²) in [5, 5.41) is 12.7. The summed E-state index contributed by atoms with van der Waals surface area (Å²) < 4.78 is 0. The highest BCUT2D eigenvalue weighted by Gasteiger charge is 2.14. The number of benzene rings is 2. The summed E-state index contributed by atoms with van der Waals surface area (Å²) in [5.41, 5.74) is 4.12. The van der Waals surface area contributed by atoms with Crippen LogP contribution in [0.4, 0.5) is 11.5 Å². The number of nitrogens with one attached hydrogen (secondary N) is 2. The normalized spacial score (nSPS) is 14.1. The van der Waals surface area contributed by atoms with E-state index in [9.17, 15) is 4.79 Å². The van der Waals surface area contributed by atoms with Gasteiger partial charge in [0.25, 0.3) is 5.91 Å². The van der Waals surface area contributed by atoms with Gasteiger partial charge < -0.3 is 15.2 Å². The molecule has 3 heterocycles. The molecule has 30 heavy (non-hydrogen) atoms. The fourth-order valence-corrected chi connectivity index (χ4v) is 3.95. The summed E-state index contributed by atoms with van der Waals surface area (Å²) in [5.74, 6) is 0.812. The summed E-state index contributed by atoms with van der Waals surface area (Å²) in [6.07, 6.45) is 5.48. The number of amides is 1. The predicted octanol–water partition coefficient (Wildman–Crippen LogP) is 4.87. The first-order valence-corrected chi connectivity index (χ1v) is 10.3. The monoisotopic (exact) mass is 397 g/mol. The number of anilines is 2. The van der Waals surface area contributed by atoms with Crippen LogP contribution >= 0.6 is 0 Å². The lowest BCUT2D eigenvalue weighted by Crippen LogP contribution is -2.30. The molecular weight excluding hydrogens is 374 g/mol. The van der Waals surface area contributed by atoms with Crippen molar-refractivity contribution in [1.82, 2.24) is 15.2 Å². The summed E-state index contributed by atoms with van der Waals surface area (Å²) in [7, 11) is 0. The number of fused-ring (bicyclic) bond motifs is 1. The zero-order chi connectivity index (χ0) is 20.3. The Labute approximate surface area is 174 Å². The summed E-state index contributed by atoms with van der Waals surface area (Å²) in [6, 6.07) is 19.5. The number of piperidine rings is 1. The minimum atomic E-state index is -0.133. The van der Waals surface area contributed by atoms with Crippen LogP contribution < -0.4 is 10.2 Å². The van der Waals surface area contributed by atoms with E-state index in [0.29, 0.717) is 5.56 Å². The van der Waals surface area contributed by atoms with Crippen molar-refractivity contribution in [1.29, 1.82) is 0 Å². The number of H-pyrrole nitrogens is 1. The molecular formula is C24H23N5O. The summed E-state index contributed by atoms with van der Waals surface area (Å²) in [6.45, 7) is 2.11. The number of aromatic amines is 1. The van der Waals surface area contributed by atoms with Gasteiger partial charge in [0.1, 0.15) is 0 Å². The fourth-order valence-electron chi connectivity index (χ4n) is 3.95. The van der Waals surface area contributed by atoms with Crippen molar-refractivity contribution in [2.45, 2.75) is 19.3 Å². The van der Waals surface area contributed by atoms with E-state index in [1.54, 1.807) is 6.20 Å². The second-order valence-electron chi connectivity index (χ2n) is 7.60. The van der Waals surface area contributed by atoms with Crippen LogP contribution in [0.3, 0.4) is 0 Å². The summed E-state index contributed by atoms with van der Waals surface area (Å²) >= 11 is 0. The van der Waals surface area contributed by atoms with Gasteiger partial charge in [0.05, 0.1) is 11.3 Å². The smallest absolute Gasteiger partial charge is 0.257 e. The number of hydrogen-bond donors (Lipinski definition) is 2. The largest absolute Gasteiger partial charge is 0.360 e. The first-order chi connectivity index (χ1) is 14.8. The Bertz CT molecular complexity index is 1160. The number of rotatable bonds is 4. The van der Waals surface area contributed by atoms with Crippen molar-refractivity contribution in [2.75, 3.05) is 23.3 Å². The van der Waals surface area contributed by atoms with Gasteiger partial charge in [-0.05, 0) is 49.6 Å². The molecule has 6 nitrogen and oxygen atoms in total. The first-order valence-electron chi connectivity index (χ1n) is 10.3. The van der Waals surface area contributed by atoms with Crippen LogP contribution in [-0.4, -0.2) is 34.2 Å². The second kappa shape index (κ2) is 7.99. The van der Waals surface area contributed by atoms with Gasteiger partial charge >= 0.3 is 0 Å². The van der Waals surface area contributed by atoms with Crippen molar-refractivity contribution in [2.24, 2.45) is 0 Å². The lowest BCUT2D eigenvalue weighted by atomic mass is 10.1. The van der Waals surface area contributed by atoms with Gasteiger partial charge in [0.15, 0.2) is 5.82 Å². The molecule has 0 unspecified atom stereocenters. The molecule has 1 amide bonds. The second-order valence-corrected chi connectivity index (χ2v) is 7.60. The molecule has 0 saturated carbocycles. The average molecular weight is 397 g/mol. The van der Waals surface area contributed by atoms with Crippen molar-refractivity contribution < 1.29 is 4.79 Å². The maximum atomic E-state index is 12.7. The quantitative estimate of drug-likeness (QED) is 0.515. The van der Waals surface area contributed by atoms with Crippen molar-refractivity contribution in [3.63, 3.8) is 0 Å². The molecule has 2 aromatic carbocycles. The minimum Gasteiger partial charge on any atom is -0.360 e. The Morgan fingerprint density at radius 2 is 1.70 bits per heavy atom. The number of para-hydroxylation sites is 1. The third kappa shape index (κ3) is 3.64. The average Bonchev–Trinajstić information content (AvgIpc) is 3.25. The predicted molar refractivity (Wildman–Crippen MR) is 120 cm³/mol. The molecule has 0 radical (unpaired) electrons. The van der Waals surface area contributed by atoms with Gasteiger partial charge in [-0.3, -0.25) is 4.79 Å². The minimum absolute atomic E-state index is 0.133. The highest BCUT2D eigenvalue weighted by Crippen LogP contribution is 2.23. The van der Waals surface area contributed by atoms with Crippen LogP contribution in [0.2, 0.25) is 0 Å². The van der Waals surface area contributed by atoms with E-state index in [1.165, 1.54) is 19.3 Å². The maximum Gasteiger partial charge on any atom is 0.257 e. The highest BCUT2D eigenvalue weighted by molar-refractivity contribution is 6.12. The highest BCUT2D eigenvalue weighted by atomic mass is 16.1. The molecule has 2 N–H and O–H groups in total. The summed E-state index contributed by atoms with van der Waals surface area (Å²) in [4.78, 5) is 18.1. The molecule has 1 fully saturated rings. The van der Waals surface area contributed by atoms with Crippen LogP contribution in [-0.2, 0) is 0 Å². The molecule has 1 saturated heterocycles. The number of carbonyl (C=O) groups is 1. The van der Waals surface area contributed by atoms with Gasteiger partial charge in [-0.2, -0.15) is 0 Å². The Morgan fingerprint density at radius 1 is 0.900 bits per heavy atom. The molecule has 0 bridgehead atoms.